The fourth-order valence-corrected chi connectivity index (χ4v) is 2.48. The maximum Gasteiger partial charge on any atom is 0.0669 e. The minimum absolute atomic E-state index is 0.281. The van der Waals surface area contributed by atoms with Crippen molar-refractivity contribution in [1.82, 2.24) is 9.80 Å². The van der Waals surface area contributed by atoms with Gasteiger partial charge in [0.05, 0.1) is 25.2 Å². The number of hydrogen-bond donors (Lipinski definition) is 0. The second kappa shape index (κ2) is 6.19. The van der Waals surface area contributed by atoms with Crippen molar-refractivity contribution in [2.24, 2.45) is 5.92 Å². The van der Waals surface area contributed by atoms with Crippen LogP contribution in [0.15, 0.2) is 0 Å². The third-order valence-corrected chi connectivity index (χ3v) is 3.51. The largest absolute Gasteiger partial charge is 0.379 e. The maximum absolute atomic E-state index is 8.81. The molecule has 0 aromatic carbocycles. The van der Waals surface area contributed by atoms with Crippen molar-refractivity contribution in [2.75, 3.05) is 52.5 Å². The van der Waals surface area contributed by atoms with Crippen molar-refractivity contribution in [3.05, 3.63) is 0 Å². The molecule has 0 N–H and O–H groups in total. The van der Waals surface area contributed by atoms with Gasteiger partial charge in [-0.25, -0.2) is 0 Å². The molecule has 0 amide bonds. The Morgan fingerprint density at radius 3 is 2.56 bits per heavy atom. The summed E-state index contributed by atoms with van der Waals surface area (Å²) in [6, 6.07) is 2.37. The van der Waals surface area contributed by atoms with Gasteiger partial charge in [0.15, 0.2) is 0 Å². The van der Waals surface area contributed by atoms with E-state index in [1.54, 1.807) is 0 Å². The van der Waals surface area contributed by atoms with E-state index in [2.05, 4.69) is 15.9 Å². The van der Waals surface area contributed by atoms with E-state index in [1.807, 2.05) is 0 Å². The molecule has 0 spiro atoms. The van der Waals surface area contributed by atoms with Crippen LogP contribution in [0.3, 0.4) is 0 Å². The number of ether oxygens (including phenoxy) is 1. The second-order valence-corrected chi connectivity index (χ2v) is 4.72. The molecule has 2 aliphatic heterocycles. The fourth-order valence-electron chi connectivity index (χ4n) is 2.48. The minimum Gasteiger partial charge on any atom is -0.379 e. The summed E-state index contributed by atoms with van der Waals surface area (Å²) >= 11 is 0. The average molecular weight is 223 g/mol. The highest BCUT2D eigenvalue weighted by atomic mass is 16.5. The molecule has 1 atom stereocenters. The summed E-state index contributed by atoms with van der Waals surface area (Å²) in [6.07, 6.45) is 2.28. The SMILES string of the molecule is N#CC1CCN(CCCN2CCOCC2)C1. The maximum atomic E-state index is 8.81. The number of hydrogen-bond acceptors (Lipinski definition) is 4. The van der Waals surface area contributed by atoms with Gasteiger partial charge < -0.3 is 9.64 Å². The molecule has 0 saturated carbocycles. The third-order valence-electron chi connectivity index (χ3n) is 3.51. The average Bonchev–Trinajstić information content (AvgIpc) is 2.78. The lowest BCUT2D eigenvalue weighted by molar-refractivity contribution is 0.0364. The van der Waals surface area contributed by atoms with Crippen molar-refractivity contribution in [2.45, 2.75) is 12.8 Å². The summed E-state index contributed by atoms with van der Waals surface area (Å²) in [6.45, 7) is 8.37. The summed E-state index contributed by atoms with van der Waals surface area (Å²) in [7, 11) is 0. The second-order valence-electron chi connectivity index (χ2n) is 4.72. The molecular formula is C12H21N3O. The quantitative estimate of drug-likeness (QED) is 0.698. The van der Waals surface area contributed by atoms with E-state index in [0.717, 1.165) is 52.4 Å². The molecule has 0 bridgehead atoms. The third kappa shape index (κ3) is 3.44. The van der Waals surface area contributed by atoms with E-state index in [0.29, 0.717) is 0 Å². The van der Waals surface area contributed by atoms with Crippen LogP contribution in [0, 0.1) is 17.2 Å². The van der Waals surface area contributed by atoms with Crippen LogP contribution < -0.4 is 0 Å². The number of nitrogens with zero attached hydrogens (tertiary/aromatic N) is 3. The van der Waals surface area contributed by atoms with Gasteiger partial charge in [0.2, 0.25) is 0 Å². The molecule has 0 aromatic rings. The van der Waals surface area contributed by atoms with Gasteiger partial charge in [0.25, 0.3) is 0 Å². The van der Waals surface area contributed by atoms with Gasteiger partial charge in [0.1, 0.15) is 0 Å². The molecule has 1 unspecified atom stereocenters. The van der Waals surface area contributed by atoms with E-state index >= 15 is 0 Å². The molecule has 0 aromatic heterocycles. The molecule has 2 rings (SSSR count). The van der Waals surface area contributed by atoms with E-state index in [9.17, 15) is 0 Å². The predicted octanol–water partition coefficient (Wildman–Crippen LogP) is 0.554. The van der Waals surface area contributed by atoms with E-state index in [4.69, 9.17) is 10.00 Å². The van der Waals surface area contributed by atoms with Crippen LogP contribution in [-0.4, -0.2) is 62.3 Å². The van der Waals surface area contributed by atoms with E-state index in [-0.39, 0.29) is 5.92 Å². The molecule has 16 heavy (non-hydrogen) atoms. The van der Waals surface area contributed by atoms with Gasteiger partial charge in [-0.1, -0.05) is 0 Å². The highest BCUT2D eigenvalue weighted by Gasteiger charge is 2.21. The van der Waals surface area contributed by atoms with Crippen LogP contribution >= 0.6 is 0 Å². The zero-order valence-corrected chi connectivity index (χ0v) is 9.90. The molecular weight excluding hydrogens is 202 g/mol. The number of nitriles is 1. The van der Waals surface area contributed by atoms with Crippen LogP contribution in [0.2, 0.25) is 0 Å². The lowest BCUT2D eigenvalue weighted by atomic mass is 10.1. The zero-order valence-electron chi connectivity index (χ0n) is 9.90. The minimum atomic E-state index is 0.281. The summed E-state index contributed by atoms with van der Waals surface area (Å²) < 4.78 is 5.32. The summed E-state index contributed by atoms with van der Waals surface area (Å²) in [4.78, 5) is 4.90. The molecule has 2 aliphatic rings. The predicted molar refractivity (Wildman–Crippen MR) is 62.0 cm³/mol. The van der Waals surface area contributed by atoms with Gasteiger partial charge in [-0.2, -0.15) is 5.26 Å². The molecule has 2 heterocycles. The van der Waals surface area contributed by atoms with Crippen LogP contribution in [0.1, 0.15) is 12.8 Å². The highest BCUT2D eigenvalue weighted by Crippen LogP contribution is 2.15. The topological polar surface area (TPSA) is 39.5 Å². The number of rotatable bonds is 4. The molecule has 2 saturated heterocycles. The van der Waals surface area contributed by atoms with Gasteiger partial charge in [-0.15, -0.1) is 0 Å². The molecule has 4 heteroatoms. The first kappa shape index (κ1) is 11.8. The van der Waals surface area contributed by atoms with Crippen LogP contribution in [0.5, 0.6) is 0 Å². The van der Waals surface area contributed by atoms with Gasteiger partial charge >= 0.3 is 0 Å². The highest BCUT2D eigenvalue weighted by molar-refractivity contribution is 4.90. The van der Waals surface area contributed by atoms with Gasteiger partial charge in [0, 0.05) is 19.6 Å². The number of morpholine rings is 1. The molecule has 90 valence electrons. The lowest BCUT2D eigenvalue weighted by Gasteiger charge is -2.27. The monoisotopic (exact) mass is 223 g/mol. The standard InChI is InChI=1S/C12H21N3O/c13-10-12-2-5-15(11-12)4-1-3-14-6-8-16-9-7-14/h12H,1-9,11H2. The van der Waals surface area contributed by atoms with Crippen LogP contribution in [0.4, 0.5) is 0 Å². The first-order valence-electron chi connectivity index (χ1n) is 6.30. The first-order chi connectivity index (χ1) is 7.88. The first-order valence-corrected chi connectivity index (χ1v) is 6.30. The van der Waals surface area contributed by atoms with Crippen LogP contribution in [-0.2, 0) is 4.74 Å². The van der Waals surface area contributed by atoms with Crippen molar-refractivity contribution >= 4 is 0 Å². The normalized spacial score (nSPS) is 28.1. The Labute approximate surface area is 97.8 Å². The summed E-state index contributed by atoms with van der Waals surface area (Å²) in [5.41, 5.74) is 0. The number of likely N-dealkylation sites (tertiary alicyclic amines) is 1. The Kier molecular flexibility index (Phi) is 4.58. The van der Waals surface area contributed by atoms with Gasteiger partial charge in [-0.05, 0) is 32.5 Å². The van der Waals surface area contributed by atoms with Crippen molar-refractivity contribution in [3.8, 4) is 6.07 Å². The Morgan fingerprint density at radius 1 is 1.12 bits per heavy atom. The molecule has 0 aliphatic carbocycles. The van der Waals surface area contributed by atoms with Crippen LogP contribution in [0.25, 0.3) is 0 Å². The molecule has 4 nitrogen and oxygen atoms in total. The summed E-state index contributed by atoms with van der Waals surface area (Å²) in [5.74, 6) is 0.281. The fraction of sp³-hybridized carbons (Fsp3) is 0.917. The summed E-state index contributed by atoms with van der Waals surface area (Å²) in [5, 5.41) is 8.81. The Morgan fingerprint density at radius 2 is 1.88 bits per heavy atom. The Bertz CT molecular complexity index is 245. The van der Waals surface area contributed by atoms with Crippen molar-refractivity contribution in [3.63, 3.8) is 0 Å². The Hall–Kier alpha value is -0.630. The van der Waals surface area contributed by atoms with Gasteiger partial charge in [-0.3, -0.25) is 4.90 Å². The van der Waals surface area contributed by atoms with Crippen molar-refractivity contribution < 1.29 is 4.74 Å². The lowest BCUT2D eigenvalue weighted by Crippen LogP contribution is -2.38. The molecule has 0 radical (unpaired) electrons. The zero-order chi connectivity index (χ0) is 11.2. The Balaban J connectivity index is 1.56. The molecule has 2 fully saturated rings. The smallest absolute Gasteiger partial charge is 0.0669 e. The van der Waals surface area contributed by atoms with E-state index < -0.39 is 0 Å². The van der Waals surface area contributed by atoms with E-state index in [1.165, 1.54) is 13.0 Å². The van der Waals surface area contributed by atoms with Crippen molar-refractivity contribution in [1.29, 1.82) is 5.26 Å².